The van der Waals surface area contributed by atoms with E-state index >= 15 is 0 Å². The number of rotatable bonds is 5. The van der Waals surface area contributed by atoms with Crippen molar-refractivity contribution in [2.75, 3.05) is 6.54 Å². The zero-order valence-corrected chi connectivity index (χ0v) is 12.2. The van der Waals surface area contributed by atoms with Crippen molar-refractivity contribution >= 4 is 0 Å². The molecule has 0 aliphatic rings. The van der Waals surface area contributed by atoms with E-state index in [1.807, 2.05) is 26.2 Å². The zero-order valence-electron chi connectivity index (χ0n) is 12.2. The molecule has 4 heteroatoms. The Hall–Kier alpha value is -1.81. The monoisotopic (exact) mass is 273 g/mol. The molecule has 1 aromatic carbocycles. The number of nitrogens with one attached hydrogen (secondary N) is 1. The Morgan fingerprint density at radius 3 is 2.50 bits per heavy atom. The van der Waals surface area contributed by atoms with Crippen molar-refractivity contribution in [3.63, 3.8) is 0 Å². The van der Waals surface area contributed by atoms with Gasteiger partial charge in [-0.05, 0) is 55.6 Å². The highest BCUT2D eigenvalue weighted by atomic mass is 19.1. The molecule has 1 unspecified atom stereocenters. The van der Waals surface area contributed by atoms with Crippen LogP contribution in [0.1, 0.15) is 41.9 Å². The number of halogens is 1. The van der Waals surface area contributed by atoms with Gasteiger partial charge < -0.3 is 5.32 Å². The molecule has 1 atom stereocenters. The smallest absolute Gasteiger partial charge is 0.149 e. The molecule has 1 N–H and O–H groups in total. The van der Waals surface area contributed by atoms with Crippen molar-refractivity contribution in [1.29, 1.82) is 0 Å². The van der Waals surface area contributed by atoms with Crippen molar-refractivity contribution in [2.24, 2.45) is 0 Å². The average Bonchev–Trinajstić information content (AvgIpc) is 2.42. The summed E-state index contributed by atoms with van der Waals surface area (Å²) in [6.07, 6.45) is 4.63. The van der Waals surface area contributed by atoms with Gasteiger partial charge in [-0.15, -0.1) is 0 Å². The molecule has 0 radical (unpaired) electrons. The van der Waals surface area contributed by atoms with E-state index in [4.69, 9.17) is 0 Å². The van der Waals surface area contributed by atoms with Gasteiger partial charge >= 0.3 is 0 Å². The minimum atomic E-state index is -0.217. The summed E-state index contributed by atoms with van der Waals surface area (Å²) < 4.78 is 13.3. The Morgan fingerprint density at radius 2 is 1.90 bits per heavy atom. The maximum atomic E-state index is 13.3. The van der Waals surface area contributed by atoms with E-state index in [0.717, 1.165) is 35.5 Å². The summed E-state index contributed by atoms with van der Waals surface area (Å²) in [5, 5.41) is 3.43. The lowest BCUT2D eigenvalue weighted by molar-refractivity contribution is 0.565. The highest BCUT2D eigenvalue weighted by molar-refractivity contribution is 5.33. The van der Waals surface area contributed by atoms with E-state index in [1.165, 1.54) is 6.07 Å². The molecule has 0 aliphatic carbocycles. The fourth-order valence-electron chi connectivity index (χ4n) is 2.14. The molecule has 0 aliphatic heterocycles. The molecule has 0 spiro atoms. The first-order valence-electron chi connectivity index (χ1n) is 6.89. The SMILES string of the molecule is CCCNC(c1ncc(C)cn1)c1ccc(F)cc1C. The maximum absolute atomic E-state index is 13.3. The fourth-order valence-corrected chi connectivity index (χ4v) is 2.14. The Morgan fingerprint density at radius 1 is 1.20 bits per heavy atom. The Balaban J connectivity index is 2.38. The van der Waals surface area contributed by atoms with Gasteiger partial charge in [0.2, 0.25) is 0 Å². The summed E-state index contributed by atoms with van der Waals surface area (Å²) in [5.74, 6) is 0.504. The van der Waals surface area contributed by atoms with Crippen LogP contribution in [0.15, 0.2) is 30.6 Å². The second-order valence-electron chi connectivity index (χ2n) is 5.01. The molecule has 2 aromatic rings. The lowest BCUT2D eigenvalue weighted by Crippen LogP contribution is -2.25. The molecule has 3 nitrogen and oxygen atoms in total. The van der Waals surface area contributed by atoms with Crippen LogP contribution < -0.4 is 5.32 Å². The van der Waals surface area contributed by atoms with E-state index < -0.39 is 0 Å². The summed E-state index contributed by atoms with van der Waals surface area (Å²) in [4.78, 5) is 8.81. The first-order chi connectivity index (χ1) is 9.61. The molecule has 1 aromatic heterocycles. The molecule has 0 amide bonds. The van der Waals surface area contributed by atoms with Crippen LogP contribution in [-0.4, -0.2) is 16.5 Å². The number of hydrogen-bond donors (Lipinski definition) is 1. The highest BCUT2D eigenvalue weighted by Gasteiger charge is 2.18. The Bertz CT molecular complexity index is 566. The van der Waals surface area contributed by atoms with Gasteiger partial charge in [-0.25, -0.2) is 14.4 Å². The number of hydrogen-bond acceptors (Lipinski definition) is 3. The van der Waals surface area contributed by atoms with Gasteiger partial charge in [0.1, 0.15) is 11.6 Å². The van der Waals surface area contributed by atoms with Gasteiger partial charge in [0, 0.05) is 12.4 Å². The molecule has 0 saturated heterocycles. The molecule has 106 valence electrons. The van der Waals surface area contributed by atoms with Crippen molar-refractivity contribution < 1.29 is 4.39 Å². The zero-order chi connectivity index (χ0) is 14.5. The van der Waals surface area contributed by atoms with Crippen molar-refractivity contribution in [1.82, 2.24) is 15.3 Å². The molecule has 0 saturated carbocycles. The molecular formula is C16H20FN3. The molecule has 0 fully saturated rings. The minimum absolute atomic E-state index is 0.101. The normalized spacial score (nSPS) is 12.4. The van der Waals surface area contributed by atoms with E-state index in [1.54, 1.807) is 12.1 Å². The van der Waals surface area contributed by atoms with Crippen molar-refractivity contribution in [3.8, 4) is 0 Å². The standard InChI is InChI=1S/C16H20FN3/c1-4-7-18-15(16-19-9-11(2)10-20-16)14-6-5-13(17)8-12(14)3/h5-6,8-10,15,18H,4,7H2,1-3H3. The first kappa shape index (κ1) is 14.6. The topological polar surface area (TPSA) is 37.8 Å². The summed E-state index contributed by atoms with van der Waals surface area (Å²) >= 11 is 0. The van der Waals surface area contributed by atoms with Gasteiger partial charge in [0.15, 0.2) is 0 Å². The van der Waals surface area contributed by atoms with Crippen LogP contribution in [0, 0.1) is 19.7 Å². The first-order valence-corrected chi connectivity index (χ1v) is 6.89. The van der Waals surface area contributed by atoms with Crippen LogP contribution in [0.5, 0.6) is 0 Å². The number of benzene rings is 1. The lowest BCUT2D eigenvalue weighted by Gasteiger charge is -2.19. The van der Waals surface area contributed by atoms with Crippen LogP contribution in [0.25, 0.3) is 0 Å². The van der Waals surface area contributed by atoms with Crippen LogP contribution in [0.3, 0.4) is 0 Å². The Labute approximate surface area is 119 Å². The van der Waals surface area contributed by atoms with E-state index in [-0.39, 0.29) is 11.9 Å². The quantitative estimate of drug-likeness (QED) is 0.908. The minimum Gasteiger partial charge on any atom is -0.304 e. The lowest BCUT2D eigenvalue weighted by atomic mass is 10.00. The molecular weight excluding hydrogens is 253 g/mol. The van der Waals surface area contributed by atoms with E-state index in [0.29, 0.717) is 0 Å². The highest BCUT2D eigenvalue weighted by Crippen LogP contribution is 2.23. The molecule has 0 bridgehead atoms. The fraction of sp³-hybridized carbons (Fsp3) is 0.375. The third-order valence-electron chi connectivity index (χ3n) is 3.20. The Kier molecular flexibility index (Phi) is 4.79. The van der Waals surface area contributed by atoms with Gasteiger partial charge in [0.25, 0.3) is 0 Å². The third-order valence-corrected chi connectivity index (χ3v) is 3.20. The number of aromatic nitrogens is 2. The van der Waals surface area contributed by atoms with Crippen LogP contribution in [-0.2, 0) is 0 Å². The summed E-state index contributed by atoms with van der Waals surface area (Å²) in [7, 11) is 0. The predicted octanol–water partition coefficient (Wildman–Crippen LogP) is 3.32. The van der Waals surface area contributed by atoms with Gasteiger partial charge in [-0.1, -0.05) is 13.0 Å². The van der Waals surface area contributed by atoms with Crippen LogP contribution >= 0.6 is 0 Å². The maximum Gasteiger partial charge on any atom is 0.149 e. The largest absolute Gasteiger partial charge is 0.304 e. The summed E-state index contributed by atoms with van der Waals surface area (Å²) in [6.45, 7) is 6.84. The summed E-state index contributed by atoms with van der Waals surface area (Å²) in [5.41, 5.74) is 2.95. The second-order valence-corrected chi connectivity index (χ2v) is 5.01. The molecule has 20 heavy (non-hydrogen) atoms. The van der Waals surface area contributed by atoms with Gasteiger partial charge in [0.05, 0.1) is 6.04 Å². The van der Waals surface area contributed by atoms with Crippen LogP contribution in [0.2, 0.25) is 0 Å². The summed E-state index contributed by atoms with van der Waals surface area (Å²) in [6, 6.07) is 4.74. The van der Waals surface area contributed by atoms with E-state index in [2.05, 4.69) is 22.2 Å². The second kappa shape index (κ2) is 6.57. The van der Waals surface area contributed by atoms with Crippen LogP contribution in [0.4, 0.5) is 4.39 Å². The average molecular weight is 273 g/mol. The van der Waals surface area contributed by atoms with Gasteiger partial charge in [-0.2, -0.15) is 0 Å². The number of nitrogens with zero attached hydrogens (tertiary/aromatic N) is 2. The van der Waals surface area contributed by atoms with Crippen molar-refractivity contribution in [2.45, 2.75) is 33.2 Å². The molecule has 2 rings (SSSR count). The van der Waals surface area contributed by atoms with E-state index in [9.17, 15) is 4.39 Å². The molecule has 1 heterocycles. The van der Waals surface area contributed by atoms with Gasteiger partial charge in [-0.3, -0.25) is 0 Å². The predicted molar refractivity (Wildman–Crippen MR) is 78.0 cm³/mol. The third kappa shape index (κ3) is 3.39. The number of aryl methyl sites for hydroxylation is 2. The van der Waals surface area contributed by atoms with Crippen molar-refractivity contribution in [3.05, 3.63) is 58.9 Å².